The largest absolute Gasteiger partial charge is 0.457 e. The topological polar surface area (TPSA) is 45.8 Å². The molecule has 2 heterocycles. The quantitative estimate of drug-likeness (QED) is 0.567. The monoisotopic (exact) mass is 428 g/mol. The zero-order chi connectivity index (χ0) is 20.5. The van der Waals surface area contributed by atoms with Crippen molar-refractivity contribution in [3.05, 3.63) is 51.6 Å². The summed E-state index contributed by atoms with van der Waals surface area (Å²) in [6.07, 6.45) is -2.99. The SMILES string of the molecule is CCN=C1SC(=Cc2ccc(-c3ccc(Cl)c(C(F)(F)F)c3)o2)C(=O)N1CC. The summed E-state index contributed by atoms with van der Waals surface area (Å²) in [4.78, 5) is 18.8. The van der Waals surface area contributed by atoms with Crippen LogP contribution in [-0.4, -0.2) is 29.1 Å². The normalized spacial score (nSPS) is 17.9. The number of halogens is 4. The molecule has 0 atom stereocenters. The molecular formula is C19H16ClF3N2O2S. The molecule has 0 radical (unpaired) electrons. The van der Waals surface area contributed by atoms with Crippen molar-refractivity contribution in [2.24, 2.45) is 4.99 Å². The molecule has 0 aliphatic carbocycles. The van der Waals surface area contributed by atoms with Crippen LogP contribution in [0.25, 0.3) is 17.4 Å². The van der Waals surface area contributed by atoms with E-state index in [2.05, 4.69) is 4.99 Å². The number of benzene rings is 1. The van der Waals surface area contributed by atoms with Gasteiger partial charge >= 0.3 is 6.18 Å². The molecular weight excluding hydrogens is 413 g/mol. The number of furan rings is 1. The minimum Gasteiger partial charge on any atom is -0.457 e. The molecule has 0 spiro atoms. The summed E-state index contributed by atoms with van der Waals surface area (Å²) >= 11 is 6.90. The van der Waals surface area contributed by atoms with E-state index in [1.807, 2.05) is 13.8 Å². The fourth-order valence-electron chi connectivity index (χ4n) is 2.65. The molecule has 0 saturated carbocycles. The number of likely N-dealkylation sites (N-methyl/N-ethyl adjacent to an activating group) is 1. The van der Waals surface area contributed by atoms with E-state index < -0.39 is 11.7 Å². The maximum atomic E-state index is 13.1. The Morgan fingerprint density at radius 2 is 2.00 bits per heavy atom. The van der Waals surface area contributed by atoms with Crippen molar-refractivity contribution in [3.63, 3.8) is 0 Å². The Morgan fingerprint density at radius 3 is 2.64 bits per heavy atom. The number of hydrogen-bond acceptors (Lipinski definition) is 4. The Kier molecular flexibility index (Phi) is 5.90. The van der Waals surface area contributed by atoms with E-state index in [9.17, 15) is 18.0 Å². The molecule has 1 aromatic carbocycles. The van der Waals surface area contributed by atoms with Crippen LogP contribution in [0.3, 0.4) is 0 Å². The Bertz CT molecular complexity index is 966. The number of amides is 1. The van der Waals surface area contributed by atoms with Crippen LogP contribution in [0.5, 0.6) is 0 Å². The lowest BCUT2D eigenvalue weighted by molar-refractivity contribution is -0.137. The van der Waals surface area contributed by atoms with E-state index in [0.29, 0.717) is 28.9 Å². The van der Waals surface area contributed by atoms with Crippen molar-refractivity contribution in [1.29, 1.82) is 0 Å². The third-order valence-electron chi connectivity index (χ3n) is 3.95. The van der Waals surface area contributed by atoms with Gasteiger partial charge in [-0.3, -0.25) is 14.7 Å². The van der Waals surface area contributed by atoms with Gasteiger partial charge in [0.05, 0.1) is 15.5 Å². The fourth-order valence-corrected chi connectivity index (χ4v) is 3.96. The first-order chi connectivity index (χ1) is 13.2. The molecule has 0 unspecified atom stereocenters. The number of aliphatic imine (C=N–C) groups is 1. The molecule has 1 saturated heterocycles. The van der Waals surface area contributed by atoms with Gasteiger partial charge in [-0.25, -0.2) is 0 Å². The third-order valence-corrected chi connectivity index (χ3v) is 5.33. The van der Waals surface area contributed by atoms with Crippen molar-refractivity contribution in [1.82, 2.24) is 4.90 Å². The maximum absolute atomic E-state index is 13.1. The second kappa shape index (κ2) is 8.05. The smallest absolute Gasteiger partial charge is 0.417 e. The summed E-state index contributed by atoms with van der Waals surface area (Å²) < 4.78 is 44.8. The van der Waals surface area contributed by atoms with Gasteiger partial charge in [0.2, 0.25) is 0 Å². The minimum absolute atomic E-state index is 0.177. The van der Waals surface area contributed by atoms with Gasteiger partial charge in [0.15, 0.2) is 5.17 Å². The van der Waals surface area contributed by atoms with Gasteiger partial charge in [0, 0.05) is 24.7 Å². The molecule has 28 heavy (non-hydrogen) atoms. The van der Waals surface area contributed by atoms with E-state index >= 15 is 0 Å². The number of carbonyl (C=O) groups is 1. The van der Waals surface area contributed by atoms with Crippen LogP contribution in [0.1, 0.15) is 25.2 Å². The predicted molar refractivity (Wildman–Crippen MR) is 105 cm³/mol. The third kappa shape index (κ3) is 4.12. The molecule has 148 valence electrons. The van der Waals surface area contributed by atoms with Crippen LogP contribution in [0.2, 0.25) is 5.02 Å². The van der Waals surface area contributed by atoms with Crippen LogP contribution in [0, 0.1) is 0 Å². The average molecular weight is 429 g/mol. The lowest BCUT2D eigenvalue weighted by atomic mass is 10.1. The van der Waals surface area contributed by atoms with E-state index in [0.717, 1.165) is 6.07 Å². The van der Waals surface area contributed by atoms with Crippen LogP contribution >= 0.6 is 23.4 Å². The number of amidine groups is 1. The van der Waals surface area contributed by atoms with Gasteiger partial charge in [0.1, 0.15) is 11.5 Å². The van der Waals surface area contributed by atoms with Crippen LogP contribution in [-0.2, 0) is 11.0 Å². The highest BCUT2D eigenvalue weighted by Gasteiger charge is 2.34. The molecule has 4 nitrogen and oxygen atoms in total. The van der Waals surface area contributed by atoms with E-state index in [1.54, 1.807) is 23.1 Å². The molecule has 3 rings (SSSR count). The zero-order valence-corrected chi connectivity index (χ0v) is 16.6. The summed E-state index contributed by atoms with van der Waals surface area (Å²) in [7, 11) is 0. The number of alkyl halides is 3. The Hall–Kier alpha value is -2.19. The number of rotatable bonds is 4. The number of thioether (sulfide) groups is 1. The predicted octanol–water partition coefficient (Wildman–Crippen LogP) is 5.93. The second-order valence-corrected chi connectivity index (χ2v) is 7.23. The Balaban J connectivity index is 1.90. The number of nitrogens with zero attached hydrogens (tertiary/aromatic N) is 2. The molecule has 1 aliphatic rings. The highest BCUT2D eigenvalue weighted by atomic mass is 35.5. The molecule has 1 amide bonds. The molecule has 0 N–H and O–H groups in total. The molecule has 9 heteroatoms. The van der Waals surface area contributed by atoms with Crippen molar-refractivity contribution in [3.8, 4) is 11.3 Å². The Morgan fingerprint density at radius 1 is 1.25 bits per heavy atom. The van der Waals surface area contributed by atoms with Gasteiger partial charge in [-0.2, -0.15) is 13.2 Å². The highest BCUT2D eigenvalue weighted by Crippen LogP contribution is 2.38. The molecule has 1 aromatic heterocycles. The molecule has 0 bridgehead atoms. The van der Waals surface area contributed by atoms with Crippen molar-refractivity contribution < 1.29 is 22.4 Å². The fraction of sp³-hybridized carbons (Fsp3) is 0.263. The van der Waals surface area contributed by atoms with E-state index in [4.69, 9.17) is 16.0 Å². The lowest BCUT2D eigenvalue weighted by Crippen LogP contribution is -2.28. The second-order valence-electron chi connectivity index (χ2n) is 5.81. The van der Waals surface area contributed by atoms with E-state index in [1.165, 1.54) is 23.9 Å². The lowest BCUT2D eigenvalue weighted by Gasteiger charge is -2.11. The maximum Gasteiger partial charge on any atom is 0.417 e. The van der Waals surface area contributed by atoms with Gasteiger partial charge in [-0.15, -0.1) is 0 Å². The average Bonchev–Trinajstić information content (AvgIpc) is 3.20. The first-order valence-electron chi connectivity index (χ1n) is 8.47. The van der Waals surface area contributed by atoms with Gasteiger partial charge < -0.3 is 4.42 Å². The van der Waals surface area contributed by atoms with Gasteiger partial charge in [0.25, 0.3) is 5.91 Å². The summed E-state index contributed by atoms with van der Waals surface area (Å²) in [5.41, 5.74) is -0.682. The van der Waals surface area contributed by atoms with Crippen LogP contribution in [0.15, 0.2) is 44.6 Å². The number of hydrogen-bond donors (Lipinski definition) is 0. The molecule has 1 fully saturated rings. The minimum atomic E-state index is -4.56. The first kappa shape index (κ1) is 20.5. The van der Waals surface area contributed by atoms with Crippen molar-refractivity contribution in [2.75, 3.05) is 13.1 Å². The first-order valence-corrected chi connectivity index (χ1v) is 9.66. The summed E-state index contributed by atoms with van der Waals surface area (Å²) in [5, 5.41) is 0.251. The zero-order valence-electron chi connectivity index (χ0n) is 15.0. The molecule has 1 aliphatic heterocycles. The van der Waals surface area contributed by atoms with Crippen molar-refractivity contribution in [2.45, 2.75) is 20.0 Å². The summed E-state index contributed by atoms with van der Waals surface area (Å²) in [6.45, 7) is 4.79. The summed E-state index contributed by atoms with van der Waals surface area (Å²) in [6, 6.07) is 6.73. The van der Waals surface area contributed by atoms with Gasteiger partial charge in [-0.1, -0.05) is 11.6 Å². The van der Waals surface area contributed by atoms with Gasteiger partial charge in [-0.05, 0) is 55.9 Å². The van der Waals surface area contributed by atoms with E-state index in [-0.39, 0.29) is 22.3 Å². The standard InChI is InChI=1S/C19H16ClF3N2O2S/c1-3-24-18-25(4-2)17(26)16(28-18)10-12-6-8-15(27-12)11-5-7-14(20)13(9-11)19(21,22)23/h5-10H,3-4H2,1-2H3. The highest BCUT2D eigenvalue weighted by molar-refractivity contribution is 8.18. The summed E-state index contributed by atoms with van der Waals surface area (Å²) in [5.74, 6) is 0.436. The van der Waals surface area contributed by atoms with Crippen molar-refractivity contribution >= 4 is 40.5 Å². The number of carbonyl (C=O) groups excluding carboxylic acids is 1. The Labute approximate surface area is 169 Å². The molecule has 2 aromatic rings. The van der Waals surface area contributed by atoms with Crippen LogP contribution in [0.4, 0.5) is 13.2 Å². The van der Waals surface area contributed by atoms with Crippen LogP contribution < -0.4 is 0 Å².